The molecule has 0 aromatic carbocycles. The van der Waals surface area contributed by atoms with Crippen LogP contribution in [0.1, 0.15) is 124 Å². The Bertz CT molecular complexity index is 430. The summed E-state index contributed by atoms with van der Waals surface area (Å²) in [5, 5.41) is 17.9. The highest BCUT2D eigenvalue weighted by Gasteiger charge is 2.16. The van der Waals surface area contributed by atoms with E-state index in [1.807, 2.05) is 6.92 Å². The van der Waals surface area contributed by atoms with Crippen molar-refractivity contribution in [2.24, 2.45) is 5.92 Å². The minimum atomic E-state index is -4.26. The molecular formula is C26H58NO6P. The van der Waals surface area contributed by atoms with E-state index in [9.17, 15) is 4.57 Å². The minimum absolute atomic E-state index is 0.167. The molecule has 0 rings (SSSR count). The Hall–Kier alpha value is -0.0100. The number of rotatable bonds is 24. The average Bonchev–Trinajstić information content (AvgIpc) is 2.80. The molecule has 4 N–H and O–H groups in total. The van der Waals surface area contributed by atoms with Crippen LogP contribution in [-0.4, -0.2) is 64.4 Å². The summed E-state index contributed by atoms with van der Waals surface area (Å²) in [5.74, 6) is 0.271. The van der Waals surface area contributed by atoms with Crippen molar-refractivity contribution in [2.45, 2.75) is 124 Å². The lowest BCUT2D eigenvalue weighted by Gasteiger charge is -2.19. The summed E-state index contributed by atoms with van der Waals surface area (Å²) in [4.78, 5) is 19.1. The van der Waals surface area contributed by atoms with Gasteiger partial charge < -0.3 is 20.0 Å². The maximum Gasteiger partial charge on any atom is 0.469 e. The first-order valence-electron chi connectivity index (χ1n) is 14.0. The molecule has 0 heterocycles. The summed E-state index contributed by atoms with van der Waals surface area (Å²) < 4.78 is 14.8. The van der Waals surface area contributed by atoms with Gasteiger partial charge in [0, 0.05) is 13.1 Å². The van der Waals surface area contributed by atoms with Gasteiger partial charge in [0.05, 0.1) is 19.8 Å². The van der Waals surface area contributed by atoms with Gasteiger partial charge in [-0.05, 0) is 25.3 Å². The van der Waals surface area contributed by atoms with Gasteiger partial charge in [-0.25, -0.2) is 4.57 Å². The van der Waals surface area contributed by atoms with Crippen molar-refractivity contribution in [2.75, 3.05) is 39.5 Å². The molecule has 8 heteroatoms. The van der Waals surface area contributed by atoms with Crippen LogP contribution in [-0.2, 0) is 9.09 Å². The van der Waals surface area contributed by atoms with E-state index in [2.05, 4.69) is 23.3 Å². The van der Waals surface area contributed by atoms with E-state index in [4.69, 9.17) is 20.0 Å². The second-order valence-electron chi connectivity index (χ2n) is 9.38. The van der Waals surface area contributed by atoms with Gasteiger partial charge in [-0.1, -0.05) is 111 Å². The first-order chi connectivity index (χ1) is 16.3. The zero-order valence-corrected chi connectivity index (χ0v) is 23.5. The lowest BCUT2D eigenvalue weighted by Crippen LogP contribution is -2.30. The van der Waals surface area contributed by atoms with E-state index in [1.165, 1.54) is 77.0 Å². The first-order valence-corrected chi connectivity index (χ1v) is 15.5. The summed E-state index contributed by atoms with van der Waals surface area (Å²) in [5.41, 5.74) is 0. The SMILES string of the molecule is CCCCC(CC)COP(=O)(O)O.CCCCCCCCCCCCCCN(CCO)CCO. The molecule has 0 aromatic rings. The van der Waals surface area contributed by atoms with E-state index in [0.29, 0.717) is 13.1 Å². The third-order valence-electron chi connectivity index (χ3n) is 6.18. The van der Waals surface area contributed by atoms with Crippen LogP contribution in [0.5, 0.6) is 0 Å². The van der Waals surface area contributed by atoms with Crippen molar-refractivity contribution in [3.63, 3.8) is 0 Å². The molecule has 0 aromatic heterocycles. The zero-order valence-electron chi connectivity index (χ0n) is 22.6. The summed E-state index contributed by atoms with van der Waals surface area (Å²) in [7, 11) is -4.26. The van der Waals surface area contributed by atoms with Gasteiger partial charge in [0.2, 0.25) is 0 Å². The second kappa shape index (κ2) is 27.6. The van der Waals surface area contributed by atoms with Crippen LogP contribution in [0.2, 0.25) is 0 Å². The van der Waals surface area contributed by atoms with Crippen LogP contribution in [0.4, 0.5) is 0 Å². The predicted octanol–water partition coefficient (Wildman–Crippen LogP) is 6.29. The molecule has 0 radical (unpaired) electrons. The molecule has 7 nitrogen and oxygen atoms in total. The van der Waals surface area contributed by atoms with E-state index < -0.39 is 7.82 Å². The number of phosphoric acid groups is 1. The fourth-order valence-electron chi connectivity index (χ4n) is 3.90. The van der Waals surface area contributed by atoms with Crippen molar-refractivity contribution in [3.8, 4) is 0 Å². The monoisotopic (exact) mass is 511 g/mol. The number of unbranched alkanes of at least 4 members (excludes halogenated alkanes) is 12. The lowest BCUT2D eigenvalue weighted by atomic mass is 10.0. The Kier molecular flexibility index (Phi) is 29.3. The van der Waals surface area contributed by atoms with Crippen LogP contribution < -0.4 is 0 Å². The lowest BCUT2D eigenvalue weighted by molar-refractivity contribution is 0.159. The molecule has 0 aliphatic carbocycles. The van der Waals surface area contributed by atoms with E-state index in [1.54, 1.807) is 0 Å². The highest BCUT2D eigenvalue weighted by molar-refractivity contribution is 7.46. The highest BCUT2D eigenvalue weighted by Crippen LogP contribution is 2.37. The number of nitrogens with zero attached hydrogens (tertiary/aromatic N) is 1. The number of aliphatic hydroxyl groups is 2. The zero-order chi connectivity index (χ0) is 25.9. The van der Waals surface area contributed by atoms with Crippen molar-refractivity contribution in [1.82, 2.24) is 4.90 Å². The van der Waals surface area contributed by atoms with Gasteiger partial charge >= 0.3 is 7.82 Å². The van der Waals surface area contributed by atoms with Crippen molar-refractivity contribution in [3.05, 3.63) is 0 Å². The van der Waals surface area contributed by atoms with Gasteiger partial charge in [-0.15, -0.1) is 0 Å². The summed E-state index contributed by atoms with van der Waals surface area (Å²) in [6.07, 6.45) is 20.5. The van der Waals surface area contributed by atoms with Crippen molar-refractivity contribution >= 4 is 7.82 Å². The summed E-state index contributed by atoms with van der Waals surface area (Å²) in [6, 6.07) is 0. The molecule has 208 valence electrons. The Morgan fingerprint density at radius 3 is 1.50 bits per heavy atom. The molecule has 0 fully saturated rings. The third-order valence-corrected chi connectivity index (χ3v) is 6.67. The fraction of sp³-hybridized carbons (Fsp3) is 1.00. The Morgan fingerprint density at radius 2 is 1.12 bits per heavy atom. The van der Waals surface area contributed by atoms with Crippen LogP contribution in [0.3, 0.4) is 0 Å². The number of hydrogen-bond acceptors (Lipinski definition) is 5. The topological polar surface area (TPSA) is 110 Å². The molecule has 0 saturated carbocycles. The van der Waals surface area contributed by atoms with Gasteiger partial charge in [-0.2, -0.15) is 0 Å². The van der Waals surface area contributed by atoms with E-state index >= 15 is 0 Å². The molecule has 1 atom stereocenters. The maximum atomic E-state index is 10.4. The van der Waals surface area contributed by atoms with E-state index in [0.717, 1.165) is 32.2 Å². The Balaban J connectivity index is 0. The number of phosphoric ester groups is 1. The van der Waals surface area contributed by atoms with Crippen LogP contribution in [0.15, 0.2) is 0 Å². The van der Waals surface area contributed by atoms with Crippen molar-refractivity contribution in [1.29, 1.82) is 0 Å². The summed E-state index contributed by atoms with van der Waals surface area (Å²) >= 11 is 0. The van der Waals surface area contributed by atoms with E-state index in [-0.39, 0.29) is 25.7 Å². The number of aliphatic hydroxyl groups excluding tert-OH is 2. The molecule has 0 aliphatic heterocycles. The largest absolute Gasteiger partial charge is 0.469 e. The molecular weight excluding hydrogens is 453 g/mol. The Morgan fingerprint density at radius 1 is 0.676 bits per heavy atom. The molecule has 0 bridgehead atoms. The standard InChI is InChI=1S/C18H39NO2.C8H19O4P/c1-2-3-4-5-6-7-8-9-10-11-12-13-14-19(15-17-20)16-18-21;1-3-5-6-8(4-2)7-12-13(9,10)11/h20-21H,2-18H2,1H3;8H,3-7H2,1-2H3,(H2,9,10,11). The normalized spacial score (nSPS) is 12.6. The van der Waals surface area contributed by atoms with Gasteiger partial charge in [0.15, 0.2) is 0 Å². The number of hydrogen-bond donors (Lipinski definition) is 4. The molecule has 0 amide bonds. The third kappa shape index (κ3) is 30.0. The average molecular weight is 512 g/mol. The van der Waals surface area contributed by atoms with Crippen LogP contribution >= 0.6 is 7.82 Å². The quantitative estimate of drug-likeness (QED) is 0.0890. The molecule has 0 saturated heterocycles. The van der Waals surface area contributed by atoms with Gasteiger partial charge in [-0.3, -0.25) is 9.42 Å². The fourth-order valence-corrected chi connectivity index (χ4v) is 4.30. The molecule has 0 aliphatic rings. The van der Waals surface area contributed by atoms with Crippen LogP contribution in [0, 0.1) is 5.92 Å². The molecule has 0 spiro atoms. The highest BCUT2D eigenvalue weighted by atomic mass is 31.2. The van der Waals surface area contributed by atoms with Gasteiger partial charge in [0.1, 0.15) is 0 Å². The minimum Gasteiger partial charge on any atom is -0.395 e. The first kappa shape index (κ1) is 36.1. The molecule has 1 unspecified atom stereocenters. The summed E-state index contributed by atoms with van der Waals surface area (Å²) in [6.45, 7) is 9.32. The van der Waals surface area contributed by atoms with Gasteiger partial charge in [0.25, 0.3) is 0 Å². The smallest absolute Gasteiger partial charge is 0.395 e. The van der Waals surface area contributed by atoms with Crippen molar-refractivity contribution < 1.29 is 29.1 Å². The maximum absolute atomic E-state index is 10.4. The Labute approximate surface area is 210 Å². The predicted molar refractivity (Wildman–Crippen MR) is 143 cm³/mol. The second-order valence-corrected chi connectivity index (χ2v) is 10.6. The van der Waals surface area contributed by atoms with Crippen LogP contribution in [0.25, 0.3) is 0 Å². The molecule has 34 heavy (non-hydrogen) atoms.